The van der Waals surface area contributed by atoms with Crippen LogP contribution in [0.4, 0.5) is 0 Å². The lowest BCUT2D eigenvalue weighted by Crippen LogP contribution is -2.41. The minimum atomic E-state index is -0.614. The van der Waals surface area contributed by atoms with Crippen molar-refractivity contribution in [1.29, 1.82) is 0 Å². The van der Waals surface area contributed by atoms with Gasteiger partial charge >= 0.3 is 0 Å². The molecule has 0 spiro atoms. The van der Waals surface area contributed by atoms with E-state index in [1.807, 2.05) is 0 Å². The van der Waals surface area contributed by atoms with Gasteiger partial charge in [-0.3, -0.25) is 4.79 Å². The van der Waals surface area contributed by atoms with Crippen molar-refractivity contribution in [2.45, 2.75) is 57.0 Å². The van der Waals surface area contributed by atoms with Crippen LogP contribution in [0.1, 0.15) is 51.4 Å². The molecule has 0 bridgehead atoms. The number of Topliss-reactive ketones (excluding diaryl/α,β-unsaturated/α-hetero) is 1. The topological polar surface area (TPSA) is 37.3 Å². The fourth-order valence-corrected chi connectivity index (χ4v) is 2.89. The van der Waals surface area contributed by atoms with Crippen LogP contribution in [0.25, 0.3) is 0 Å². The van der Waals surface area contributed by atoms with E-state index >= 15 is 0 Å². The molecule has 1 N–H and O–H groups in total. The van der Waals surface area contributed by atoms with Crippen LogP contribution in [0.3, 0.4) is 0 Å². The minimum absolute atomic E-state index is 0.0243. The predicted octanol–water partition coefficient (Wildman–Crippen LogP) is 2.05. The Labute approximate surface area is 79.3 Å². The molecule has 0 heterocycles. The van der Waals surface area contributed by atoms with Crippen LogP contribution >= 0.6 is 0 Å². The van der Waals surface area contributed by atoms with Gasteiger partial charge in [-0.25, -0.2) is 0 Å². The van der Waals surface area contributed by atoms with E-state index in [0.717, 1.165) is 44.9 Å². The number of rotatable bonds is 1. The van der Waals surface area contributed by atoms with E-state index in [-0.39, 0.29) is 5.92 Å². The van der Waals surface area contributed by atoms with E-state index < -0.39 is 5.60 Å². The third-order valence-electron chi connectivity index (χ3n) is 3.67. The summed E-state index contributed by atoms with van der Waals surface area (Å²) in [6.07, 6.45) is 7.68. The van der Waals surface area contributed by atoms with Gasteiger partial charge in [0.25, 0.3) is 0 Å². The predicted molar refractivity (Wildman–Crippen MR) is 50.4 cm³/mol. The molecule has 0 aliphatic heterocycles. The maximum absolute atomic E-state index is 11.6. The van der Waals surface area contributed by atoms with Crippen molar-refractivity contribution in [2.24, 2.45) is 5.92 Å². The number of hydrogen-bond acceptors (Lipinski definition) is 2. The molecule has 0 aromatic carbocycles. The Balaban J connectivity index is 2.08. The second kappa shape index (κ2) is 3.41. The van der Waals surface area contributed by atoms with E-state index in [1.165, 1.54) is 0 Å². The van der Waals surface area contributed by atoms with Crippen LogP contribution in [0, 0.1) is 5.92 Å². The van der Waals surface area contributed by atoms with Crippen LogP contribution in [0.15, 0.2) is 0 Å². The van der Waals surface area contributed by atoms with Gasteiger partial charge in [0.05, 0.1) is 5.60 Å². The molecule has 2 aliphatic carbocycles. The molecule has 2 saturated carbocycles. The molecule has 2 nitrogen and oxygen atoms in total. The van der Waals surface area contributed by atoms with Crippen LogP contribution in [-0.2, 0) is 4.79 Å². The SMILES string of the molecule is O=C1CCCCC1C1(O)CCCC1. The molecule has 1 unspecified atom stereocenters. The first-order chi connectivity index (χ1) is 6.22. The summed E-state index contributed by atoms with van der Waals surface area (Å²) in [5.41, 5.74) is -0.614. The smallest absolute Gasteiger partial charge is 0.138 e. The molecule has 0 saturated heterocycles. The summed E-state index contributed by atoms with van der Waals surface area (Å²) in [7, 11) is 0. The zero-order valence-corrected chi connectivity index (χ0v) is 8.09. The molecule has 2 fully saturated rings. The van der Waals surface area contributed by atoms with E-state index in [2.05, 4.69) is 0 Å². The van der Waals surface area contributed by atoms with Crippen LogP contribution in [-0.4, -0.2) is 16.5 Å². The molecule has 0 radical (unpaired) electrons. The van der Waals surface area contributed by atoms with Crippen molar-refractivity contribution >= 4 is 5.78 Å². The lowest BCUT2D eigenvalue weighted by Gasteiger charge is -2.34. The Morgan fingerprint density at radius 1 is 1.15 bits per heavy atom. The second-order valence-corrected chi connectivity index (χ2v) is 4.58. The fraction of sp³-hybridized carbons (Fsp3) is 0.909. The molecule has 2 rings (SSSR count). The van der Waals surface area contributed by atoms with Crippen LogP contribution in [0.2, 0.25) is 0 Å². The van der Waals surface area contributed by atoms with Crippen molar-refractivity contribution in [1.82, 2.24) is 0 Å². The maximum atomic E-state index is 11.6. The highest BCUT2D eigenvalue weighted by Gasteiger charge is 2.43. The van der Waals surface area contributed by atoms with E-state index in [9.17, 15) is 9.90 Å². The highest BCUT2D eigenvalue weighted by Crippen LogP contribution is 2.41. The van der Waals surface area contributed by atoms with Gasteiger partial charge in [-0.05, 0) is 25.7 Å². The average Bonchev–Trinajstić information content (AvgIpc) is 2.54. The van der Waals surface area contributed by atoms with E-state index in [0.29, 0.717) is 12.2 Å². The quantitative estimate of drug-likeness (QED) is 0.674. The van der Waals surface area contributed by atoms with Gasteiger partial charge in [0.1, 0.15) is 5.78 Å². The van der Waals surface area contributed by atoms with E-state index in [4.69, 9.17) is 0 Å². The standard InChI is InChI=1S/C11H18O2/c12-10-6-2-1-5-9(10)11(13)7-3-4-8-11/h9,13H,1-8H2. The first-order valence-corrected chi connectivity index (χ1v) is 5.47. The van der Waals surface area contributed by atoms with Crippen LogP contribution < -0.4 is 0 Å². The molecule has 0 amide bonds. The highest BCUT2D eigenvalue weighted by atomic mass is 16.3. The fourth-order valence-electron chi connectivity index (χ4n) is 2.89. The van der Waals surface area contributed by atoms with Crippen molar-refractivity contribution in [3.63, 3.8) is 0 Å². The summed E-state index contributed by atoms with van der Waals surface area (Å²) >= 11 is 0. The molecule has 1 atom stereocenters. The number of carbonyl (C=O) groups excluding carboxylic acids is 1. The lowest BCUT2D eigenvalue weighted by atomic mass is 9.75. The van der Waals surface area contributed by atoms with Crippen molar-refractivity contribution < 1.29 is 9.90 Å². The van der Waals surface area contributed by atoms with Gasteiger partial charge in [0.2, 0.25) is 0 Å². The van der Waals surface area contributed by atoms with Crippen molar-refractivity contribution in [2.75, 3.05) is 0 Å². The molecule has 74 valence electrons. The molecule has 2 aliphatic rings. The third kappa shape index (κ3) is 1.64. The Morgan fingerprint density at radius 3 is 2.46 bits per heavy atom. The lowest BCUT2D eigenvalue weighted by molar-refractivity contribution is -0.135. The average molecular weight is 182 g/mol. The summed E-state index contributed by atoms with van der Waals surface area (Å²) in [6, 6.07) is 0. The van der Waals surface area contributed by atoms with Crippen molar-refractivity contribution in [3.8, 4) is 0 Å². The van der Waals surface area contributed by atoms with Gasteiger partial charge in [-0.15, -0.1) is 0 Å². The minimum Gasteiger partial charge on any atom is -0.389 e. The zero-order chi connectivity index (χ0) is 9.31. The summed E-state index contributed by atoms with van der Waals surface area (Å²) < 4.78 is 0. The monoisotopic (exact) mass is 182 g/mol. The molecule has 0 aromatic rings. The van der Waals surface area contributed by atoms with Gasteiger partial charge in [0.15, 0.2) is 0 Å². The normalized spacial score (nSPS) is 33.6. The summed E-state index contributed by atoms with van der Waals surface area (Å²) in [5.74, 6) is 0.291. The number of carbonyl (C=O) groups is 1. The second-order valence-electron chi connectivity index (χ2n) is 4.58. The first-order valence-electron chi connectivity index (χ1n) is 5.47. The molecule has 2 heteroatoms. The summed E-state index contributed by atoms with van der Waals surface area (Å²) in [4.78, 5) is 11.6. The Hall–Kier alpha value is -0.370. The maximum Gasteiger partial charge on any atom is 0.138 e. The van der Waals surface area contributed by atoms with Crippen molar-refractivity contribution in [3.05, 3.63) is 0 Å². The molecule has 0 aromatic heterocycles. The van der Waals surface area contributed by atoms with E-state index in [1.54, 1.807) is 0 Å². The molecule has 13 heavy (non-hydrogen) atoms. The highest BCUT2D eigenvalue weighted by molar-refractivity contribution is 5.82. The van der Waals surface area contributed by atoms with Gasteiger partial charge in [-0.1, -0.05) is 19.3 Å². The summed E-state index contributed by atoms with van der Waals surface area (Å²) in [6.45, 7) is 0. The van der Waals surface area contributed by atoms with Gasteiger partial charge in [0, 0.05) is 12.3 Å². The number of aliphatic hydroxyl groups is 1. The number of ketones is 1. The van der Waals surface area contributed by atoms with Crippen LogP contribution in [0.5, 0.6) is 0 Å². The number of hydrogen-bond donors (Lipinski definition) is 1. The van der Waals surface area contributed by atoms with Gasteiger partial charge in [-0.2, -0.15) is 0 Å². The molecular weight excluding hydrogens is 164 g/mol. The largest absolute Gasteiger partial charge is 0.389 e. The van der Waals surface area contributed by atoms with Gasteiger partial charge < -0.3 is 5.11 Å². The summed E-state index contributed by atoms with van der Waals surface area (Å²) in [5, 5.41) is 10.3. The Kier molecular flexibility index (Phi) is 2.41. The Bertz CT molecular complexity index is 204. The zero-order valence-electron chi connectivity index (χ0n) is 8.09. The first kappa shape index (κ1) is 9.20. The molecular formula is C11H18O2. The Morgan fingerprint density at radius 2 is 1.85 bits per heavy atom. The third-order valence-corrected chi connectivity index (χ3v) is 3.67.